The Morgan fingerprint density at radius 2 is 1.88 bits per heavy atom. The van der Waals surface area contributed by atoms with E-state index in [1.807, 2.05) is 0 Å². The first-order valence-corrected chi connectivity index (χ1v) is 5.67. The first kappa shape index (κ1) is 15.9. The summed E-state index contributed by atoms with van der Waals surface area (Å²) in [5.41, 5.74) is 9.20. The number of halogens is 1. The molecule has 1 rings (SSSR count). The highest BCUT2D eigenvalue weighted by Gasteiger charge is 2.03. The minimum Gasteiger partial charge on any atom is -0.356 e. The fourth-order valence-electron chi connectivity index (χ4n) is 1.79. The molecule has 0 aliphatic heterocycles. The van der Waals surface area contributed by atoms with Crippen molar-refractivity contribution in [2.24, 2.45) is 5.73 Å². The fourth-order valence-corrected chi connectivity index (χ4v) is 1.79. The minimum atomic E-state index is 0. The van der Waals surface area contributed by atoms with Crippen molar-refractivity contribution in [3.8, 4) is 0 Å². The molecule has 0 saturated heterocycles. The highest BCUT2D eigenvalue weighted by molar-refractivity contribution is 5.85. The van der Waals surface area contributed by atoms with E-state index in [0.29, 0.717) is 19.5 Å². The van der Waals surface area contributed by atoms with Crippen LogP contribution in [-0.4, -0.2) is 19.0 Å². The first-order valence-electron chi connectivity index (χ1n) is 5.67. The number of hydrogen-bond donors (Lipinski definition) is 2. The number of amides is 1. The molecule has 96 valence electrons. The maximum Gasteiger partial charge on any atom is 0.221 e. The lowest BCUT2D eigenvalue weighted by atomic mass is 10.0. The molecule has 0 heterocycles. The van der Waals surface area contributed by atoms with Crippen LogP contribution in [0.4, 0.5) is 0 Å². The van der Waals surface area contributed by atoms with Gasteiger partial charge in [0.15, 0.2) is 0 Å². The summed E-state index contributed by atoms with van der Waals surface area (Å²) in [7, 11) is 0. The van der Waals surface area contributed by atoms with Crippen LogP contribution in [0.15, 0.2) is 18.2 Å². The molecule has 0 aromatic heterocycles. The molecular weight excluding hydrogens is 236 g/mol. The van der Waals surface area contributed by atoms with Crippen molar-refractivity contribution in [1.29, 1.82) is 0 Å². The van der Waals surface area contributed by atoms with E-state index in [0.717, 1.165) is 6.42 Å². The number of aryl methyl sites for hydroxylation is 2. The fraction of sp³-hybridized carbons (Fsp3) is 0.462. The summed E-state index contributed by atoms with van der Waals surface area (Å²) in [6.07, 6.45) is 1.29. The third-order valence-corrected chi connectivity index (χ3v) is 2.71. The summed E-state index contributed by atoms with van der Waals surface area (Å²) in [5.74, 6) is 0.0359. The molecule has 0 atom stereocenters. The number of nitrogens with one attached hydrogen (secondary N) is 1. The maximum absolute atomic E-state index is 11.2. The average molecular weight is 257 g/mol. The number of hydrogen-bond acceptors (Lipinski definition) is 2. The van der Waals surface area contributed by atoms with Gasteiger partial charge in [0.1, 0.15) is 0 Å². The molecule has 3 N–H and O–H groups in total. The predicted molar refractivity (Wildman–Crippen MR) is 73.5 cm³/mol. The maximum atomic E-state index is 11.2. The molecule has 0 aliphatic carbocycles. The van der Waals surface area contributed by atoms with Crippen LogP contribution in [0.5, 0.6) is 0 Å². The zero-order chi connectivity index (χ0) is 12.0. The van der Waals surface area contributed by atoms with Crippen LogP contribution in [0, 0.1) is 13.8 Å². The second-order valence-electron chi connectivity index (χ2n) is 4.01. The quantitative estimate of drug-likeness (QED) is 0.843. The summed E-state index contributed by atoms with van der Waals surface area (Å²) in [6.45, 7) is 5.30. The van der Waals surface area contributed by atoms with Crippen molar-refractivity contribution in [2.45, 2.75) is 26.7 Å². The summed E-state index contributed by atoms with van der Waals surface area (Å²) in [5, 5.41) is 2.87. The van der Waals surface area contributed by atoms with Gasteiger partial charge in [-0.25, -0.2) is 0 Å². The zero-order valence-corrected chi connectivity index (χ0v) is 11.3. The van der Waals surface area contributed by atoms with Crippen molar-refractivity contribution < 1.29 is 4.79 Å². The van der Waals surface area contributed by atoms with E-state index in [1.54, 1.807) is 0 Å². The van der Waals surface area contributed by atoms with Crippen molar-refractivity contribution >= 4 is 18.3 Å². The molecule has 3 nitrogen and oxygen atoms in total. The van der Waals surface area contributed by atoms with E-state index in [-0.39, 0.29) is 18.3 Å². The lowest BCUT2D eigenvalue weighted by Gasteiger charge is -2.10. The molecule has 17 heavy (non-hydrogen) atoms. The molecule has 0 saturated carbocycles. The molecule has 1 aromatic carbocycles. The van der Waals surface area contributed by atoms with Gasteiger partial charge in [-0.05, 0) is 37.0 Å². The Bertz CT molecular complexity index is 346. The van der Waals surface area contributed by atoms with E-state index < -0.39 is 0 Å². The molecule has 0 radical (unpaired) electrons. The lowest BCUT2D eigenvalue weighted by Crippen LogP contribution is -2.27. The molecule has 0 unspecified atom stereocenters. The van der Waals surface area contributed by atoms with Crippen LogP contribution < -0.4 is 11.1 Å². The molecule has 4 heteroatoms. The Kier molecular flexibility index (Phi) is 7.59. The van der Waals surface area contributed by atoms with E-state index in [1.165, 1.54) is 16.7 Å². The topological polar surface area (TPSA) is 55.1 Å². The monoisotopic (exact) mass is 256 g/mol. The van der Waals surface area contributed by atoms with Gasteiger partial charge in [0.25, 0.3) is 0 Å². The largest absolute Gasteiger partial charge is 0.356 e. The molecular formula is C13H21ClN2O. The van der Waals surface area contributed by atoms with Crippen LogP contribution in [0.1, 0.15) is 23.1 Å². The standard InChI is InChI=1S/C13H20N2O.ClH/c1-10-4-3-5-11(2)12(10)7-9-15-13(16)6-8-14;/h3-5H,6-9,14H2,1-2H3,(H,15,16);1H. The number of nitrogens with two attached hydrogens (primary N) is 1. The Morgan fingerprint density at radius 3 is 2.41 bits per heavy atom. The zero-order valence-electron chi connectivity index (χ0n) is 10.5. The third kappa shape index (κ3) is 5.20. The lowest BCUT2D eigenvalue weighted by molar-refractivity contribution is -0.120. The summed E-state index contributed by atoms with van der Waals surface area (Å²) < 4.78 is 0. The van der Waals surface area contributed by atoms with Crippen molar-refractivity contribution in [3.63, 3.8) is 0 Å². The third-order valence-electron chi connectivity index (χ3n) is 2.71. The highest BCUT2D eigenvalue weighted by atomic mass is 35.5. The van der Waals surface area contributed by atoms with Gasteiger partial charge >= 0.3 is 0 Å². The average Bonchev–Trinajstić information content (AvgIpc) is 2.23. The van der Waals surface area contributed by atoms with Gasteiger partial charge in [0.05, 0.1) is 0 Å². The van der Waals surface area contributed by atoms with Crippen molar-refractivity contribution in [2.75, 3.05) is 13.1 Å². The van der Waals surface area contributed by atoms with Crippen molar-refractivity contribution in [1.82, 2.24) is 5.32 Å². The molecule has 0 spiro atoms. The summed E-state index contributed by atoms with van der Waals surface area (Å²) in [6, 6.07) is 6.26. The van der Waals surface area contributed by atoms with Crippen LogP contribution >= 0.6 is 12.4 Å². The molecule has 0 bridgehead atoms. The van der Waals surface area contributed by atoms with Gasteiger partial charge in [-0.1, -0.05) is 18.2 Å². The molecule has 0 fully saturated rings. The van der Waals surface area contributed by atoms with Gasteiger partial charge in [-0.2, -0.15) is 0 Å². The van der Waals surface area contributed by atoms with Crippen molar-refractivity contribution in [3.05, 3.63) is 34.9 Å². The molecule has 1 amide bonds. The second-order valence-corrected chi connectivity index (χ2v) is 4.01. The summed E-state index contributed by atoms with van der Waals surface area (Å²) >= 11 is 0. The normalized spacial score (nSPS) is 9.59. The second kappa shape index (κ2) is 8.09. The van der Waals surface area contributed by atoms with Gasteiger partial charge < -0.3 is 11.1 Å². The van der Waals surface area contributed by atoms with Crippen LogP contribution in [0.2, 0.25) is 0 Å². The van der Waals surface area contributed by atoms with E-state index >= 15 is 0 Å². The van der Waals surface area contributed by atoms with E-state index in [4.69, 9.17) is 5.73 Å². The summed E-state index contributed by atoms with van der Waals surface area (Å²) in [4.78, 5) is 11.2. The van der Waals surface area contributed by atoms with Gasteiger partial charge in [0, 0.05) is 19.5 Å². The number of rotatable bonds is 5. The van der Waals surface area contributed by atoms with Gasteiger partial charge in [-0.15, -0.1) is 12.4 Å². The number of carbonyl (C=O) groups excluding carboxylic acids is 1. The Labute approximate surface area is 109 Å². The Balaban J connectivity index is 0.00000256. The van der Waals surface area contributed by atoms with Crippen LogP contribution in [0.25, 0.3) is 0 Å². The highest BCUT2D eigenvalue weighted by Crippen LogP contribution is 2.13. The smallest absolute Gasteiger partial charge is 0.221 e. The predicted octanol–water partition coefficient (Wildman–Crippen LogP) is 1.73. The first-order chi connectivity index (χ1) is 7.65. The Morgan fingerprint density at radius 1 is 1.29 bits per heavy atom. The Hall–Kier alpha value is -1.06. The SMILES string of the molecule is Cc1cccc(C)c1CCNC(=O)CCN.Cl. The van der Waals surface area contributed by atoms with Crippen LogP contribution in [0.3, 0.4) is 0 Å². The molecule has 0 aliphatic rings. The van der Waals surface area contributed by atoms with E-state index in [2.05, 4.69) is 37.4 Å². The molecule has 1 aromatic rings. The van der Waals surface area contributed by atoms with E-state index in [9.17, 15) is 4.79 Å². The van der Waals surface area contributed by atoms with Gasteiger partial charge in [-0.3, -0.25) is 4.79 Å². The minimum absolute atomic E-state index is 0. The number of benzene rings is 1. The van der Waals surface area contributed by atoms with Crippen LogP contribution in [-0.2, 0) is 11.2 Å². The number of carbonyl (C=O) groups is 1. The van der Waals surface area contributed by atoms with Gasteiger partial charge in [0.2, 0.25) is 5.91 Å².